The van der Waals surface area contributed by atoms with Crippen LogP contribution in [-0.2, 0) is 4.79 Å². The summed E-state index contributed by atoms with van der Waals surface area (Å²) in [6, 6.07) is 16.7. The van der Waals surface area contributed by atoms with Crippen LogP contribution in [-0.4, -0.2) is 29.1 Å². The summed E-state index contributed by atoms with van der Waals surface area (Å²) in [5.41, 5.74) is 1.66. The van der Waals surface area contributed by atoms with E-state index in [1.165, 1.54) is 0 Å². The summed E-state index contributed by atoms with van der Waals surface area (Å²) in [6.07, 6.45) is 1.76. The Hall–Kier alpha value is -2.66. The van der Waals surface area contributed by atoms with Crippen LogP contribution in [0.1, 0.15) is 18.5 Å². The Labute approximate surface area is 153 Å². The fourth-order valence-electron chi connectivity index (χ4n) is 2.96. The van der Waals surface area contributed by atoms with Crippen molar-refractivity contribution in [3.8, 4) is 5.75 Å². The summed E-state index contributed by atoms with van der Waals surface area (Å²) in [5, 5.41) is 0.489. The van der Waals surface area contributed by atoms with Gasteiger partial charge in [-0.05, 0) is 49.0 Å². The van der Waals surface area contributed by atoms with Crippen molar-refractivity contribution < 1.29 is 9.53 Å². The van der Waals surface area contributed by atoms with Gasteiger partial charge in [0.25, 0.3) is 5.91 Å². The molecule has 0 aromatic heterocycles. The molecule has 0 radical (unpaired) electrons. The lowest BCUT2D eigenvalue weighted by Gasteiger charge is -2.22. The van der Waals surface area contributed by atoms with Crippen molar-refractivity contribution >= 4 is 28.9 Å². The van der Waals surface area contributed by atoms with Crippen molar-refractivity contribution in [3.63, 3.8) is 0 Å². The van der Waals surface area contributed by atoms with Gasteiger partial charge < -0.3 is 9.64 Å². The molecule has 1 atom stereocenters. The Morgan fingerprint density at radius 1 is 1.16 bits per heavy atom. The quantitative estimate of drug-likeness (QED) is 0.582. The van der Waals surface area contributed by atoms with Crippen LogP contribution in [0.15, 0.2) is 67.3 Å². The highest BCUT2D eigenvalue weighted by Crippen LogP contribution is 2.34. The molecule has 128 valence electrons. The van der Waals surface area contributed by atoms with E-state index in [0.717, 1.165) is 17.0 Å². The second-order valence-corrected chi connectivity index (χ2v) is 6.00. The summed E-state index contributed by atoms with van der Waals surface area (Å²) in [6.45, 7) is 6.84. The minimum absolute atomic E-state index is 0.0535. The molecule has 0 saturated carbocycles. The van der Waals surface area contributed by atoms with Crippen LogP contribution in [0.3, 0.4) is 0 Å². The van der Waals surface area contributed by atoms with Gasteiger partial charge in [0.1, 0.15) is 11.8 Å². The van der Waals surface area contributed by atoms with E-state index in [2.05, 4.69) is 6.58 Å². The van der Waals surface area contributed by atoms with Crippen molar-refractivity contribution in [1.82, 2.24) is 4.90 Å². The molecule has 1 saturated heterocycles. The van der Waals surface area contributed by atoms with Gasteiger partial charge in [0.05, 0.1) is 12.3 Å². The summed E-state index contributed by atoms with van der Waals surface area (Å²) in [7, 11) is 0. The summed E-state index contributed by atoms with van der Waals surface area (Å²) >= 11 is 5.60. The van der Waals surface area contributed by atoms with E-state index < -0.39 is 6.04 Å². The molecule has 4 nitrogen and oxygen atoms in total. The molecule has 2 aromatic carbocycles. The fraction of sp³-hybridized carbons (Fsp3) is 0.200. The molecule has 0 aliphatic carbocycles. The van der Waals surface area contributed by atoms with Crippen LogP contribution in [0.5, 0.6) is 5.75 Å². The van der Waals surface area contributed by atoms with E-state index in [1.807, 2.05) is 66.4 Å². The highest BCUT2D eigenvalue weighted by atomic mass is 32.1. The number of benzene rings is 2. The number of hydrogen-bond donors (Lipinski definition) is 0. The Balaban J connectivity index is 1.96. The summed E-state index contributed by atoms with van der Waals surface area (Å²) < 4.78 is 5.47. The molecule has 5 heteroatoms. The average Bonchev–Trinajstić information content (AvgIpc) is 2.88. The van der Waals surface area contributed by atoms with Crippen molar-refractivity contribution in [2.24, 2.45) is 0 Å². The van der Waals surface area contributed by atoms with E-state index in [-0.39, 0.29) is 5.91 Å². The van der Waals surface area contributed by atoms with Gasteiger partial charge in [0, 0.05) is 6.54 Å². The van der Waals surface area contributed by atoms with E-state index in [4.69, 9.17) is 17.0 Å². The predicted molar refractivity (Wildman–Crippen MR) is 104 cm³/mol. The number of rotatable bonds is 6. The topological polar surface area (TPSA) is 32.8 Å². The molecule has 2 aromatic rings. The largest absolute Gasteiger partial charge is 0.494 e. The number of anilines is 1. The molecule has 1 fully saturated rings. The number of hydrogen-bond acceptors (Lipinski definition) is 3. The van der Waals surface area contributed by atoms with Gasteiger partial charge in [-0.1, -0.05) is 36.4 Å². The maximum absolute atomic E-state index is 13.1. The molecule has 1 amide bonds. The maximum atomic E-state index is 13.1. The summed E-state index contributed by atoms with van der Waals surface area (Å²) in [5.74, 6) is 0.716. The van der Waals surface area contributed by atoms with Gasteiger partial charge in [-0.2, -0.15) is 0 Å². The Morgan fingerprint density at radius 2 is 1.84 bits per heavy atom. The minimum atomic E-state index is -0.432. The van der Waals surface area contributed by atoms with Crippen molar-refractivity contribution in [1.29, 1.82) is 0 Å². The highest BCUT2D eigenvalue weighted by molar-refractivity contribution is 7.80. The lowest BCUT2D eigenvalue weighted by molar-refractivity contribution is -0.119. The molecule has 3 rings (SSSR count). The first-order chi connectivity index (χ1) is 12.2. The first-order valence-electron chi connectivity index (χ1n) is 8.20. The predicted octanol–water partition coefficient (Wildman–Crippen LogP) is 3.95. The number of amides is 1. The first-order valence-corrected chi connectivity index (χ1v) is 8.61. The van der Waals surface area contributed by atoms with E-state index in [0.29, 0.717) is 18.3 Å². The number of nitrogens with zero attached hydrogens (tertiary/aromatic N) is 2. The number of ether oxygens (including phenoxy) is 1. The number of carbonyl (C=O) groups excluding carboxylic acids is 1. The molecular weight excluding hydrogens is 332 g/mol. The van der Waals surface area contributed by atoms with Crippen LogP contribution < -0.4 is 9.64 Å². The van der Waals surface area contributed by atoms with Crippen LogP contribution >= 0.6 is 12.2 Å². The smallest absolute Gasteiger partial charge is 0.260 e. The maximum Gasteiger partial charge on any atom is 0.260 e. The molecular formula is C20H20N2O2S. The van der Waals surface area contributed by atoms with Crippen LogP contribution in [0.4, 0.5) is 5.69 Å². The normalized spacial score (nSPS) is 17.1. The zero-order chi connectivity index (χ0) is 17.8. The zero-order valence-corrected chi connectivity index (χ0v) is 14.9. The van der Waals surface area contributed by atoms with Gasteiger partial charge in [0.2, 0.25) is 0 Å². The third-order valence-corrected chi connectivity index (χ3v) is 4.47. The summed E-state index contributed by atoms with van der Waals surface area (Å²) in [4.78, 5) is 16.6. The Kier molecular flexibility index (Phi) is 5.14. The molecule has 1 aliphatic rings. The second-order valence-electron chi connectivity index (χ2n) is 5.64. The van der Waals surface area contributed by atoms with Gasteiger partial charge in [-0.3, -0.25) is 9.69 Å². The fourth-order valence-corrected chi connectivity index (χ4v) is 3.34. The van der Waals surface area contributed by atoms with Gasteiger partial charge in [0.15, 0.2) is 5.11 Å². The number of thiocarbonyl (C=S) groups is 1. The zero-order valence-electron chi connectivity index (χ0n) is 14.1. The molecule has 0 bridgehead atoms. The van der Waals surface area contributed by atoms with E-state index >= 15 is 0 Å². The minimum Gasteiger partial charge on any atom is -0.494 e. The van der Waals surface area contributed by atoms with Crippen molar-refractivity contribution in [2.45, 2.75) is 13.0 Å². The standard InChI is InChI=1S/C20H20N2O2S/c1-3-14-21-18(15-8-6-5-7-9-15)19(23)22(20(21)25)16-10-12-17(13-11-16)24-4-2/h3,5-13,18H,1,4,14H2,2H3. The van der Waals surface area contributed by atoms with Crippen molar-refractivity contribution in [3.05, 3.63) is 72.8 Å². The third kappa shape index (κ3) is 3.28. The van der Waals surface area contributed by atoms with Crippen LogP contribution in [0, 0.1) is 0 Å². The first kappa shape index (κ1) is 17.2. The third-order valence-electron chi connectivity index (χ3n) is 4.05. The van der Waals surface area contributed by atoms with E-state index in [9.17, 15) is 4.79 Å². The van der Waals surface area contributed by atoms with E-state index in [1.54, 1.807) is 11.0 Å². The molecule has 1 heterocycles. The van der Waals surface area contributed by atoms with Gasteiger partial charge >= 0.3 is 0 Å². The Bertz CT molecular complexity index is 774. The second kappa shape index (κ2) is 7.49. The molecule has 0 spiro atoms. The molecule has 0 N–H and O–H groups in total. The van der Waals surface area contributed by atoms with Crippen molar-refractivity contribution in [2.75, 3.05) is 18.1 Å². The molecule has 1 aliphatic heterocycles. The van der Waals surface area contributed by atoms with Gasteiger partial charge in [-0.15, -0.1) is 6.58 Å². The lowest BCUT2D eigenvalue weighted by Crippen LogP contribution is -2.32. The number of carbonyl (C=O) groups is 1. The monoisotopic (exact) mass is 352 g/mol. The molecule has 25 heavy (non-hydrogen) atoms. The lowest BCUT2D eigenvalue weighted by atomic mass is 10.1. The van der Waals surface area contributed by atoms with Crippen LogP contribution in [0.25, 0.3) is 0 Å². The SMILES string of the molecule is C=CCN1C(=S)N(c2ccc(OCC)cc2)C(=O)C1c1ccccc1. The van der Waals surface area contributed by atoms with Crippen LogP contribution in [0.2, 0.25) is 0 Å². The highest BCUT2D eigenvalue weighted by Gasteiger charge is 2.43. The Morgan fingerprint density at radius 3 is 2.44 bits per heavy atom. The molecule has 1 unspecified atom stereocenters. The average molecular weight is 352 g/mol. The van der Waals surface area contributed by atoms with Gasteiger partial charge in [-0.25, -0.2) is 0 Å².